The maximum atomic E-state index is 15.5. The molecule has 31 heavy (non-hydrogen) atoms. The Kier molecular flexibility index (Phi) is 6.09. The van der Waals surface area contributed by atoms with Crippen LogP contribution in [0, 0.1) is 5.82 Å². The molecule has 5 nitrogen and oxygen atoms in total. The molecule has 2 heterocycles. The van der Waals surface area contributed by atoms with Gasteiger partial charge < -0.3 is 14.5 Å². The van der Waals surface area contributed by atoms with Crippen molar-refractivity contribution in [1.82, 2.24) is 14.8 Å². The number of methoxy groups -OCH3 is 1. The van der Waals surface area contributed by atoms with Crippen LogP contribution in [0.1, 0.15) is 16.8 Å². The van der Waals surface area contributed by atoms with Gasteiger partial charge in [0.15, 0.2) is 0 Å². The minimum atomic E-state index is -0.337. The third kappa shape index (κ3) is 4.49. The van der Waals surface area contributed by atoms with Gasteiger partial charge in [0.25, 0.3) is 0 Å². The number of carbonyl (C=O) groups excluding carboxylic acids is 1. The molecule has 1 aromatic heterocycles. The van der Waals surface area contributed by atoms with E-state index >= 15 is 4.39 Å². The number of aromatic nitrogens is 1. The second-order valence-electron chi connectivity index (χ2n) is 7.59. The summed E-state index contributed by atoms with van der Waals surface area (Å²) in [6, 6.07) is 14.4. The first-order chi connectivity index (χ1) is 15.0. The van der Waals surface area contributed by atoms with Crippen molar-refractivity contribution in [2.45, 2.75) is 13.0 Å². The van der Waals surface area contributed by atoms with Crippen molar-refractivity contribution in [1.29, 1.82) is 0 Å². The summed E-state index contributed by atoms with van der Waals surface area (Å²) < 4.78 is 20.9. The molecule has 0 spiro atoms. The summed E-state index contributed by atoms with van der Waals surface area (Å²) in [6.45, 7) is 1.89. The maximum absolute atomic E-state index is 15.5. The Hall–Kier alpha value is -3.12. The van der Waals surface area contributed by atoms with Crippen LogP contribution >= 0.6 is 11.6 Å². The highest BCUT2D eigenvalue weighted by Crippen LogP contribution is 2.36. The summed E-state index contributed by atoms with van der Waals surface area (Å²) in [5.41, 5.74) is 3.29. The van der Waals surface area contributed by atoms with Crippen LogP contribution in [0.25, 0.3) is 11.1 Å². The first-order valence-electron chi connectivity index (χ1n) is 10.0. The molecule has 2 aromatic carbocycles. The Morgan fingerprint density at radius 1 is 1.16 bits per heavy atom. The molecular weight excluding hydrogens is 417 g/mol. The Labute approximate surface area is 186 Å². The number of carbonyl (C=O) groups is 1. The number of nitrogens with zero attached hydrogens (tertiary/aromatic N) is 3. The van der Waals surface area contributed by atoms with Gasteiger partial charge in [0, 0.05) is 37.8 Å². The molecular formula is C24H23ClFN3O2. The van der Waals surface area contributed by atoms with Crippen LogP contribution in [0.3, 0.4) is 0 Å². The van der Waals surface area contributed by atoms with Gasteiger partial charge in [0.05, 0.1) is 24.9 Å². The lowest BCUT2D eigenvalue weighted by molar-refractivity contribution is 0.196. The molecule has 4 rings (SSSR count). The number of benzene rings is 2. The Morgan fingerprint density at radius 2 is 2.00 bits per heavy atom. The highest BCUT2D eigenvalue weighted by molar-refractivity contribution is 6.30. The molecule has 3 aromatic rings. The van der Waals surface area contributed by atoms with Gasteiger partial charge in [-0.1, -0.05) is 35.9 Å². The predicted octanol–water partition coefficient (Wildman–Crippen LogP) is 5.01. The van der Waals surface area contributed by atoms with Gasteiger partial charge in [-0.15, -0.1) is 0 Å². The normalized spacial score (nSPS) is 13.7. The van der Waals surface area contributed by atoms with Gasteiger partial charge in [-0.25, -0.2) is 9.18 Å². The van der Waals surface area contributed by atoms with E-state index in [2.05, 4.69) is 4.98 Å². The number of hydrogen-bond donors (Lipinski definition) is 0. The first-order valence-corrected chi connectivity index (χ1v) is 10.4. The quantitative estimate of drug-likeness (QED) is 0.542. The van der Waals surface area contributed by atoms with E-state index in [1.54, 1.807) is 53.4 Å². The van der Waals surface area contributed by atoms with Crippen LogP contribution in [-0.2, 0) is 13.0 Å². The highest BCUT2D eigenvalue weighted by atomic mass is 35.5. The maximum Gasteiger partial charge on any atom is 0.320 e. The smallest absolute Gasteiger partial charge is 0.320 e. The number of hydrogen-bond acceptors (Lipinski definition) is 3. The van der Waals surface area contributed by atoms with Crippen LogP contribution in [-0.4, -0.2) is 48.1 Å². The SMILES string of the molecule is COc1ccc(Cc2ccc(CN3CCN(C)C3=O)nc2)c(F)c1-c1cccc(Cl)c1. The van der Waals surface area contributed by atoms with E-state index in [1.807, 2.05) is 18.2 Å². The van der Waals surface area contributed by atoms with Crippen molar-refractivity contribution in [3.05, 3.63) is 82.4 Å². The van der Waals surface area contributed by atoms with E-state index in [1.165, 1.54) is 7.11 Å². The molecule has 0 bridgehead atoms. The molecule has 0 radical (unpaired) electrons. The topological polar surface area (TPSA) is 45.7 Å². The van der Waals surface area contributed by atoms with Gasteiger partial charge in [-0.2, -0.15) is 0 Å². The molecule has 0 unspecified atom stereocenters. The molecule has 0 saturated carbocycles. The third-order valence-corrected chi connectivity index (χ3v) is 5.69. The van der Waals surface area contributed by atoms with E-state index in [0.29, 0.717) is 47.0 Å². The molecule has 0 aliphatic carbocycles. The Morgan fingerprint density at radius 3 is 2.65 bits per heavy atom. The van der Waals surface area contributed by atoms with Crippen LogP contribution in [0.15, 0.2) is 54.7 Å². The van der Waals surface area contributed by atoms with Crippen LogP contribution in [0.4, 0.5) is 9.18 Å². The molecule has 7 heteroatoms. The summed E-state index contributed by atoms with van der Waals surface area (Å²) in [4.78, 5) is 20.0. The zero-order chi connectivity index (χ0) is 22.0. The van der Waals surface area contributed by atoms with E-state index in [-0.39, 0.29) is 11.8 Å². The van der Waals surface area contributed by atoms with Crippen molar-refractivity contribution in [3.8, 4) is 16.9 Å². The van der Waals surface area contributed by atoms with Crippen LogP contribution < -0.4 is 4.74 Å². The summed E-state index contributed by atoms with van der Waals surface area (Å²) in [6.07, 6.45) is 2.13. The van der Waals surface area contributed by atoms with Gasteiger partial charge in [-0.05, 0) is 41.0 Å². The number of ether oxygens (including phenoxy) is 1. The zero-order valence-corrected chi connectivity index (χ0v) is 18.2. The van der Waals surface area contributed by atoms with Crippen molar-refractivity contribution >= 4 is 17.6 Å². The number of urea groups is 1. The van der Waals surface area contributed by atoms with Gasteiger partial charge in [0.1, 0.15) is 11.6 Å². The van der Waals surface area contributed by atoms with E-state index in [9.17, 15) is 4.79 Å². The summed E-state index contributed by atoms with van der Waals surface area (Å²) in [7, 11) is 3.31. The second-order valence-corrected chi connectivity index (χ2v) is 8.02. The molecule has 1 saturated heterocycles. The monoisotopic (exact) mass is 439 g/mol. The van der Waals surface area contributed by atoms with Crippen molar-refractivity contribution < 1.29 is 13.9 Å². The fourth-order valence-corrected chi connectivity index (χ4v) is 3.93. The largest absolute Gasteiger partial charge is 0.496 e. The summed E-state index contributed by atoms with van der Waals surface area (Å²) in [5, 5.41) is 0.534. The predicted molar refractivity (Wildman–Crippen MR) is 119 cm³/mol. The molecule has 1 aliphatic heterocycles. The average molecular weight is 440 g/mol. The molecule has 160 valence electrons. The van der Waals surface area contributed by atoms with Crippen LogP contribution in [0.2, 0.25) is 5.02 Å². The molecule has 0 N–H and O–H groups in total. The lowest BCUT2D eigenvalue weighted by Gasteiger charge is -2.16. The standard InChI is InChI=1S/C24H23ClFN3O2/c1-28-10-11-29(24(28)30)15-20-8-6-16(14-27-20)12-18-7-9-21(31-2)22(23(18)26)17-4-3-5-19(25)13-17/h3-9,13-14H,10-12,15H2,1-2H3. The fraction of sp³-hybridized carbons (Fsp3) is 0.250. The van der Waals surface area contributed by atoms with E-state index in [4.69, 9.17) is 16.3 Å². The second kappa shape index (κ2) is 8.94. The number of rotatable bonds is 6. The summed E-state index contributed by atoms with van der Waals surface area (Å²) in [5.74, 6) is 0.119. The van der Waals surface area contributed by atoms with Gasteiger partial charge in [0.2, 0.25) is 0 Å². The molecule has 1 fully saturated rings. The minimum absolute atomic E-state index is 0.0136. The lowest BCUT2D eigenvalue weighted by atomic mass is 9.97. The van der Waals surface area contributed by atoms with Gasteiger partial charge >= 0.3 is 6.03 Å². The van der Waals surface area contributed by atoms with Crippen molar-refractivity contribution in [2.75, 3.05) is 27.2 Å². The number of halogens is 2. The van der Waals surface area contributed by atoms with Crippen molar-refractivity contribution in [3.63, 3.8) is 0 Å². The van der Waals surface area contributed by atoms with E-state index < -0.39 is 0 Å². The molecule has 0 atom stereocenters. The zero-order valence-electron chi connectivity index (χ0n) is 17.4. The average Bonchev–Trinajstić information content (AvgIpc) is 3.08. The number of amides is 2. The highest BCUT2D eigenvalue weighted by Gasteiger charge is 2.25. The number of likely N-dealkylation sites (N-methyl/N-ethyl adjacent to an activating group) is 1. The molecule has 1 aliphatic rings. The van der Waals surface area contributed by atoms with Gasteiger partial charge in [-0.3, -0.25) is 4.98 Å². The fourth-order valence-electron chi connectivity index (χ4n) is 3.74. The van der Waals surface area contributed by atoms with E-state index in [0.717, 1.165) is 17.8 Å². The molecule has 2 amide bonds. The third-order valence-electron chi connectivity index (χ3n) is 5.45. The van der Waals surface area contributed by atoms with Crippen LogP contribution in [0.5, 0.6) is 5.75 Å². The Bertz CT molecular complexity index is 1100. The lowest BCUT2D eigenvalue weighted by Crippen LogP contribution is -2.29. The first kappa shape index (κ1) is 21.1. The van der Waals surface area contributed by atoms with Crippen molar-refractivity contribution in [2.24, 2.45) is 0 Å². The minimum Gasteiger partial charge on any atom is -0.496 e. The number of pyridine rings is 1. The summed E-state index contributed by atoms with van der Waals surface area (Å²) >= 11 is 6.11. The Balaban J connectivity index is 1.55.